The summed E-state index contributed by atoms with van der Waals surface area (Å²) in [5.41, 5.74) is 0. The zero-order chi connectivity index (χ0) is 15.2. The average molecular weight is 659 g/mol. The zero-order valence-corrected chi connectivity index (χ0v) is 17.4. The van der Waals surface area contributed by atoms with E-state index in [0.717, 1.165) is 0 Å². The topological polar surface area (TPSA) is 685 Å². The molecule has 0 bridgehead atoms. The third-order valence-electron chi connectivity index (χ3n) is 0. The standard InChI is InChI=1S/Fe.3HNO3.2Na.H2O3S2.14H2O.2H/c;3*2-1(3)4;;;1-5(2,3)4;;;;;;;;;;;;;;;;/h;3*(H,2,3,4);;;(H2,1,2,3,4);14*1H2;;. The van der Waals surface area contributed by atoms with E-state index in [1.165, 1.54) is 0 Å². The molecule has 0 rings (SSSR count). The number of thiol groups is 1. The number of hydrogen-bond donors (Lipinski definition) is 5. The molecule has 0 aliphatic rings. The van der Waals surface area contributed by atoms with Crippen LogP contribution in [0.3, 0.4) is 0 Å². The first kappa shape index (κ1) is 222. The van der Waals surface area contributed by atoms with Gasteiger partial charge in [-0.25, -0.2) is 0 Å². The first-order valence-corrected chi connectivity index (χ1v) is 4.89. The van der Waals surface area contributed by atoms with Gasteiger partial charge in [0.05, 0.1) is 0 Å². The van der Waals surface area contributed by atoms with Crippen molar-refractivity contribution in [3.8, 4) is 0 Å². The fourth-order valence-electron chi connectivity index (χ4n) is 0. The molecule has 29 nitrogen and oxygen atoms in total. The minimum atomic E-state index is -3.97. The molecule has 228 valence electrons. The van der Waals surface area contributed by atoms with Crippen molar-refractivity contribution in [2.24, 2.45) is 0 Å². The van der Waals surface area contributed by atoms with E-state index < -0.39 is 24.4 Å². The molecule has 0 aromatic rings. The Kier molecular flexibility index (Phi) is 986. The van der Waals surface area contributed by atoms with Gasteiger partial charge >= 0.3 is 68.3 Å². The Morgan fingerprint density at radius 3 is 0.500 bits per heavy atom. The van der Waals surface area contributed by atoms with Crippen molar-refractivity contribution in [2.75, 3.05) is 0 Å². The van der Waals surface area contributed by atoms with Crippen molar-refractivity contribution in [3.05, 3.63) is 30.3 Å². The number of hydrogen-bond acceptors (Lipinski definition) is 8. The summed E-state index contributed by atoms with van der Waals surface area (Å²) in [7, 11) is -3.97. The Labute approximate surface area is 246 Å². The molecule has 0 radical (unpaired) electrons. The van der Waals surface area contributed by atoms with Crippen molar-refractivity contribution in [1.29, 1.82) is 0 Å². The molecule has 0 saturated carbocycles. The van der Waals surface area contributed by atoms with E-state index in [2.05, 4.69) is 11.7 Å². The van der Waals surface area contributed by atoms with Crippen LogP contribution in [0, 0.1) is 30.3 Å². The average Bonchev–Trinajstić information content (AvgIpc) is 1.73. The molecular weight excluding hydrogens is 624 g/mol. The fraction of sp³-hybridized carbons (Fsp3) is 0. The summed E-state index contributed by atoms with van der Waals surface area (Å²) in [4.78, 5) is 25.1. The molecule has 0 spiro atoms. The van der Waals surface area contributed by atoms with Gasteiger partial charge in [-0.05, 0) is 11.7 Å². The van der Waals surface area contributed by atoms with Gasteiger partial charge in [-0.15, -0.1) is 30.3 Å². The van der Waals surface area contributed by atoms with Crippen LogP contribution in [0.25, 0.3) is 0 Å². The summed E-state index contributed by atoms with van der Waals surface area (Å²) in [6, 6.07) is 0. The molecule has 0 heterocycles. The van der Waals surface area contributed by atoms with E-state index in [0.29, 0.717) is 0 Å². The summed E-state index contributed by atoms with van der Waals surface area (Å²) < 4.78 is 25.5. The van der Waals surface area contributed by atoms with Crippen molar-refractivity contribution in [3.63, 3.8) is 0 Å². The van der Waals surface area contributed by atoms with Crippen LogP contribution in [0.1, 0.15) is 0 Å². The maximum atomic E-state index is 9.05. The van der Waals surface area contributed by atoms with Crippen LogP contribution in [0.5, 0.6) is 0 Å². The van der Waals surface area contributed by atoms with E-state index in [4.69, 9.17) is 58.9 Å². The Morgan fingerprint density at radius 1 is 0.500 bits per heavy atom. The summed E-state index contributed by atoms with van der Waals surface area (Å²) >= 11 is 2.65. The van der Waals surface area contributed by atoms with Crippen molar-refractivity contribution >= 4 is 79.9 Å². The van der Waals surface area contributed by atoms with Gasteiger partial charge in [0.15, 0.2) is 0 Å². The van der Waals surface area contributed by atoms with Gasteiger partial charge < -0.3 is 92.3 Å². The molecule has 0 aromatic carbocycles. The van der Waals surface area contributed by atoms with Crippen LogP contribution in [-0.2, 0) is 26.2 Å². The number of rotatable bonds is 0. The van der Waals surface area contributed by atoms with Crippen LogP contribution in [0.2, 0.25) is 0 Å². The molecule has 0 unspecified atom stereocenters. The van der Waals surface area contributed by atoms with E-state index >= 15 is 0 Å². The molecule has 0 aliphatic heterocycles. The van der Waals surface area contributed by atoms with Crippen molar-refractivity contribution in [2.45, 2.75) is 0 Å². The molecule has 34 heteroatoms. The van der Waals surface area contributed by atoms with Crippen LogP contribution in [0.15, 0.2) is 0 Å². The van der Waals surface area contributed by atoms with Crippen LogP contribution in [0.4, 0.5) is 0 Å². The molecule has 0 aromatic heterocycles. The Morgan fingerprint density at radius 2 is 0.500 bits per heavy atom. The number of nitrogens with zero attached hydrogens (tertiary/aromatic N) is 3. The molecule has 0 saturated heterocycles. The van der Waals surface area contributed by atoms with E-state index in [1.54, 1.807) is 0 Å². The van der Waals surface area contributed by atoms with Crippen LogP contribution in [-0.4, -0.2) is 180 Å². The van der Waals surface area contributed by atoms with Gasteiger partial charge in [0.2, 0.25) is 0 Å². The molecule has 0 atom stereocenters. The van der Waals surface area contributed by atoms with Gasteiger partial charge in [0, 0.05) is 17.1 Å². The SMILES string of the molecule is O.O.O.O.O.O.O.O.O.O.O.O.O.O.O=S(=O)(O)S.O=[N+]([O-])O.O=[N+]([O-])O.O=[N+]([O-])O.[Fe].[NaH].[NaH]. The van der Waals surface area contributed by atoms with Gasteiger partial charge in [-0.2, -0.15) is 8.42 Å². The normalized spacial score (nSPS) is 3.82. The quantitative estimate of drug-likeness (QED) is 0.0404. The van der Waals surface area contributed by atoms with Crippen LogP contribution >= 0.6 is 11.7 Å². The molecule has 0 aliphatic carbocycles. The summed E-state index contributed by atoms with van der Waals surface area (Å²) in [6.07, 6.45) is 0. The second-order valence-electron chi connectivity index (χ2n) is 1.16. The minimum absolute atomic E-state index is 0. The second-order valence-corrected chi connectivity index (χ2v) is 3.44. The molecule has 0 fully saturated rings. The third kappa shape index (κ3) is 927000. The monoisotopic (exact) mass is 659 g/mol. The Balaban J connectivity index is -0.00000000300. The van der Waals surface area contributed by atoms with E-state index in [-0.39, 0.29) is 153 Å². The van der Waals surface area contributed by atoms with Gasteiger partial charge in [0.25, 0.3) is 15.3 Å². The summed E-state index contributed by atoms with van der Waals surface area (Å²) in [5.74, 6) is 0. The fourth-order valence-corrected chi connectivity index (χ4v) is 0. The zero-order valence-electron chi connectivity index (χ0n) is 14.6. The van der Waals surface area contributed by atoms with E-state index in [9.17, 15) is 0 Å². The predicted molar refractivity (Wildman–Crippen MR) is 112 cm³/mol. The Bertz CT molecular complexity index is 288. The first-order chi connectivity index (χ1) is 7.20. The molecule has 34 heavy (non-hydrogen) atoms. The van der Waals surface area contributed by atoms with E-state index in [1.807, 2.05) is 0 Å². The van der Waals surface area contributed by atoms with Gasteiger partial charge in [0.1, 0.15) is 0 Å². The van der Waals surface area contributed by atoms with Crippen molar-refractivity contribution in [1.82, 2.24) is 0 Å². The van der Waals surface area contributed by atoms with Crippen molar-refractivity contribution < 1.29 is 138 Å². The van der Waals surface area contributed by atoms with Gasteiger partial charge in [-0.3, -0.25) is 4.55 Å². The third-order valence-corrected chi connectivity index (χ3v) is 0. The molecule has 0 amide bonds. The van der Waals surface area contributed by atoms with Crippen LogP contribution < -0.4 is 0 Å². The summed E-state index contributed by atoms with van der Waals surface area (Å²) in [6.45, 7) is 0. The van der Waals surface area contributed by atoms with Gasteiger partial charge in [-0.1, -0.05) is 0 Å². The molecule has 32 N–H and O–H groups in total. The summed E-state index contributed by atoms with van der Waals surface area (Å²) in [5, 5.41) is 40.9. The molecular formula is H35FeN3Na2O26S2. The second kappa shape index (κ2) is 151. The first-order valence-electron chi connectivity index (χ1n) is 2.39. The Hall–Kier alpha value is -0.181. The maximum absolute atomic E-state index is 9.05. The predicted octanol–water partition coefficient (Wildman–Crippen LogP) is -14.2.